The zero-order chi connectivity index (χ0) is 11.7. The molecule has 1 aromatic carbocycles. The van der Waals surface area contributed by atoms with Crippen LogP contribution in [-0.2, 0) is 0 Å². The molecule has 84 valence electrons. The van der Waals surface area contributed by atoms with E-state index in [-0.39, 0.29) is 11.6 Å². The van der Waals surface area contributed by atoms with Gasteiger partial charge < -0.3 is 16.2 Å². The van der Waals surface area contributed by atoms with Gasteiger partial charge in [-0.1, -0.05) is 11.3 Å². The Kier molecular flexibility index (Phi) is 2.66. The lowest BCUT2D eigenvalue weighted by molar-refractivity contribution is 0.415. The number of rotatable bonds is 2. The van der Waals surface area contributed by atoms with Crippen LogP contribution >= 0.6 is 11.3 Å². The van der Waals surface area contributed by atoms with Crippen molar-refractivity contribution in [2.24, 2.45) is 0 Å². The number of halogens is 1. The van der Waals surface area contributed by atoms with Crippen molar-refractivity contribution in [3.05, 3.63) is 24.0 Å². The second kappa shape index (κ2) is 3.97. The molecule has 0 atom stereocenters. The van der Waals surface area contributed by atoms with Crippen LogP contribution in [0.4, 0.5) is 15.3 Å². The molecule has 0 bridgehead atoms. The van der Waals surface area contributed by atoms with Crippen LogP contribution in [0, 0.1) is 5.82 Å². The zero-order valence-electron chi connectivity index (χ0n) is 8.53. The van der Waals surface area contributed by atoms with E-state index in [4.69, 9.17) is 16.2 Å². The number of methoxy groups -OCH3 is 1. The fourth-order valence-corrected chi connectivity index (χ4v) is 2.17. The Bertz CT molecular complexity index is 527. The highest BCUT2D eigenvalue weighted by Gasteiger charge is 2.14. The standard InChI is InChI=1S/C10H10FN3OS/c1-15-7-3-2-5(11)4-6(7)8-9(12)14-10(13)16-8/h2-4H,12H2,1H3,(H2,13,14). The number of benzene rings is 1. The van der Waals surface area contributed by atoms with Crippen LogP contribution in [0.2, 0.25) is 0 Å². The number of anilines is 2. The van der Waals surface area contributed by atoms with Gasteiger partial charge in [0, 0.05) is 5.56 Å². The third-order valence-electron chi connectivity index (χ3n) is 2.08. The smallest absolute Gasteiger partial charge is 0.182 e. The van der Waals surface area contributed by atoms with Gasteiger partial charge in [0.1, 0.15) is 17.4 Å². The number of nitrogens with two attached hydrogens (primary N) is 2. The van der Waals surface area contributed by atoms with Crippen LogP contribution in [0.25, 0.3) is 10.4 Å². The van der Waals surface area contributed by atoms with Gasteiger partial charge in [0.25, 0.3) is 0 Å². The molecule has 0 fully saturated rings. The molecule has 0 aliphatic rings. The zero-order valence-corrected chi connectivity index (χ0v) is 9.34. The van der Waals surface area contributed by atoms with Crippen LogP contribution in [0.1, 0.15) is 0 Å². The van der Waals surface area contributed by atoms with Gasteiger partial charge in [-0.05, 0) is 18.2 Å². The summed E-state index contributed by atoms with van der Waals surface area (Å²) in [6.07, 6.45) is 0. The molecule has 2 rings (SSSR count). The lowest BCUT2D eigenvalue weighted by Crippen LogP contribution is -1.92. The molecular weight excluding hydrogens is 229 g/mol. The third kappa shape index (κ3) is 1.79. The highest BCUT2D eigenvalue weighted by molar-refractivity contribution is 7.19. The second-order valence-corrected chi connectivity index (χ2v) is 4.14. The molecule has 0 radical (unpaired) electrons. The predicted molar refractivity (Wildman–Crippen MR) is 62.9 cm³/mol. The summed E-state index contributed by atoms with van der Waals surface area (Å²) in [6.45, 7) is 0. The van der Waals surface area contributed by atoms with Crippen molar-refractivity contribution in [2.45, 2.75) is 0 Å². The minimum atomic E-state index is -0.359. The second-order valence-electron chi connectivity index (χ2n) is 3.11. The number of ether oxygens (including phenoxy) is 1. The van der Waals surface area contributed by atoms with Gasteiger partial charge in [-0.2, -0.15) is 0 Å². The molecule has 6 heteroatoms. The van der Waals surface area contributed by atoms with Crippen LogP contribution in [0.5, 0.6) is 5.75 Å². The minimum Gasteiger partial charge on any atom is -0.496 e. The topological polar surface area (TPSA) is 74.2 Å². The molecule has 2 aromatic rings. The van der Waals surface area contributed by atoms with Gasteiger partial charge >= 0.3 is 0 Å². The fourth-order valence-electron chi connectivity index (χ4n) is 1.40. The van der Waals surface area contributed by atoms with Crippen molar-refractivity contribution in [3.8, 4) is 16.2 Å². The van der Waals surface area contributed by atoms with E-state index >= 15 is 0 Å². The molecule has 0 saturated carbocycles. The van der Waals surface area contributed by atoms with Crippen molar-refractivity contribution in [2.75, 3.05) is 18.6 Å². The maximum Gasteiger partial charge on any atom is 0.182 e. The lowest BCUT2D eigenvalue weighted by atomic mass is 10.1. The maximum atomic E-state index is 13.2. The van der Waals surface area contributed by atoms with Crippen LogP contribution in [-0.4, -0.2) is 12.1 Å². The third-order valence-corrected chi connectivity index (χ3v) is 3.01. The molecule has 4 nitrogen and oxygen atoms in total. The Balaban J connectivity index is 2.62. The van der Waals surface area contributed by atoms with Crippen LogP contribution in [0.15, 0.2) is 18.2 Å². The number of aromatic nitrogens is 1. The SMILES string of the molecule is COc1ccc(F)cc1-c1sc(N)nc1N. The Morgan fingerprint density at radius 1 is 1.38 bits per heavy atom. The first-order valence-electron chi connectivity index (χ1n) is 4.47. The summed E-state index contributed by atoms with van der Waals surface area (Å²) >= 11 is 1.20. The van der Waals surface area contributed by atoms with Crippen molar-refractivity contribution in [3.63, 3.8) is 0 Å². The van der Waals surface area contributed by atoms with Crippen LogP contribution in [0.3, 0.4) is 0 Å². The summed E-state index contributed by atoms with van der Waals surface area (Å²) in [7, 11) is 1.51. The summed E-state index contributed by atoms with van der Waals surface area (Å²) < 4.78 is 18.3. The summed E-state index contributed by atoms with van der Waals surface area (Å²) in [5.41, 5.74) is 11.8. The summed E-state index contributed by atoms with van der Waals surface area (Å²) in [4.78, 5) is 4.51. The fraction of sp³-hybridized carbons (Fsp3) is 0.100. The van der Waals surface area contributed by atoms with Gasteiger partial charge in [-0.3, -0.25) is 0 Å². The van der Waals surface area contributed by atoms with E-state index < -0.39 is 0 Å². The molecule has 16 heavy (non-hydrogen) atoms. The molecule has 0 aliphatic carbocycles. The average Bonchev–Trinajstić information content (AvgIpc) is 2.57. The van der Waals surface area contributed by atoms with Crippen LogP contribution < -0.4 is 16.2 Å². The Hall–Kier alpha value is -1.82. The molecule has 4 N–H and O–H groups in total. The van der Waals surface area contributed by atoms with Gasteiger partial charge in [-0.25, -0.2) is 9.37 Å². The number of nitrogen functional groups attached to an aromatic ring is 2. The van der Waals surface area contributed by atoms with E-state index in [0.29, 0.717) is 21.3 Å². The van der Waals surface area contributed by atoms with E-state index in [1.165, 1.54) is 30.6 Å². The molecule has 0 spiro atoms. The van der Waals surface area contributed by atoms with E-state index in [2.05, 4.69) is 4.98 Å². The minimum absolute atomic E-state index is 0.284. The van der Waals surface area contributed by atoms with E-state index in [9.17, 15) is 4.39 Å². The molecule has 1 heterocycles. The van der Waals surface area contributed by atoms with E-state index in [1.807, 2.05) is 0 Å². The molecule has 0 amide bonds. The van der Waals surface area contributed by atoms with Gasteiger partial charge in [0.05, 0.1) is 12.0 Å². The molecule has 1 aromatic heterocycles. The normalized spacial score (nSPS) is 10.4. The van der Waals surface area contributed by atoms with Crippen molar-refractivity contribution in [1.29, 1.82) is 0 Å². The lowest BCUT2D eigenvalue weighted by Gasteiger charge is -2.06. The number of nitrogens with zero attached hydrogens (tertiary/aromatic N) is 1. The van der Waals surface area contributed by atoms with Crippen molar-refractivity contribution in [1.82, 2.24) is 4.98 Å². The molecule has 0 saturated heterocycles. The Labute approximate surface area is 95.7 Å². The Morgan fingerprint density at radius 3 is 2.69 bits per heavy atom. The van der Waals surface area contributed by atoms with Crippen molar-refractivity contribution >= 4 is 22.3 Å². The van der Waals surface area contributed by atoms with Gasteiger partial charge in [-0.15, -0.1) is 0 Å². The number of hydrogen-bond acceptors (Lipinski definition) is 5. The molecular formula is C10H10FN3OS. The first-order valence-corrected chi connectivity index (χ1v) is 5.29. The van der Waals surface area contributed by atoms with E-state index in [0.717, 1.165) is 0 Å². The number of hydrogen-bond donors (Lipinski definition) is 2. The quantitative estimate of drug-likeness (QED) is 0.841. The summed E-state index contributed by atoms with van der Waals surface area (Å²) in [5, 5.41) is 0.346. The first kappa shape index (κ1) is 10.7. The van der Waals surface area contributed by atoms with Crippen molar-refractivity contribution < 1.29 is 9.13 Å². The van der Waals surface area contributed by atoms with E-state index in [1.54, 1.807) is 6.07 Å². The average molecular weight is 239 g/mol. The predicted octanol–water partition coefficient (Wildman–Crippen LogP) is 2.12. The highest BCUT2D eigenvalue weighted by atomic mass is 32.1. The number of thiazole rings is 1. The summed E-state index contributed by atoms with van der Waals surface area (Å²) in [6, 6.07) is 4.21. The molecule has 0 unspecified atom stereocenters. The first-order chi connectivity index (χ1) is 7.61. The van der Waals surface area contributed by atoms with Gasteiger partial charge in [0.15, 0.2) is 5.13 Å². The largest absolute Gasteiger partial charge is 0.496 e. The maximum absolute atomic E-state index is 13.2. The highest BCUT2D eigenvalue weighted by Crippen LogP contribution is 2.39. The monoisotopic (exact) mass is 239 g/mol. The summed E-state index contributed by atoms with van der Waals surface area (Å²) in [5.74, 6) is 0.463. The molecule has 0 aliphatic heterocycles. The Morgan fingerprint density at radius 2 is 2.12 bits per heavy atom. The van der Waals surface area contributed by atoms with Gasteiger partial charge in [0.2, 0.25) is 0 Å².